The third kappa shape index (κ3) is 3.76. The zero-order valence-electron chi connectivity index (χ0n) is 15.4. The van der Waals surface area contributed by atoms with Crippen molar-refractivity contribution in [3.63, 3.8) is 0 Å². The van der Waals surface area contributed by atoms with Crippen molar-refractivity contribution in [2.75, 3.05) is 18.2 Å². The number of ether oxygens (including phenoxy) is 1. The van der Waals surface area contributed by atoms with Gasteiger partial charge in [-0.1, -0.05) is 25.1 Å². The number of carbonyl (C=O) groups is 1. The number of nitrogens with zero attached hydrogens (tertiary/aromatic N) is 1. The predicted octanol–water partition coefficient (Wildman–Crippen LogP) is 5.93. The Morgan fingerprint density at radius 3 is 2.93 bits per heavy atom. The van der Waals surface area contributed by atoms with Gasteiger partial charge in [0.2, 0.25) is 0 Å². The van der Waals surface area contributed by atoms with E-state index < -0.39 is 0 Å². The number of hydrogen-bond donors (Lipinski definition) is 1. The molecular formula is C21H18N2O3S2. The number of rotatable bonds is 6. The van der Waals surface area contributed by atoms with Gasteiger partial charge in [-0.15, -0.1) is 23.1 Å². The average Bonchev–Trinajstić information content (AvgIpc) is 3.35. The minimum atomic E-state index is -0.175. The number of furan rings is 1. The lowest BCUT2D eigenvalue weighted by atomic mass is 10.2. The van der Waals surface area contributed by atoms with Gasteiger partial charge in [-0.3, -0.25) is 10.1 Å². The van der Waals surface area contributed by atoms with Crippen LogP contribution in [-0.4, -0.2) is 23.8 Å². The highest BCUT2D eigenvalue weighted by Crippen LogP contribution is 2.34. The van der Waals surface area contributed by atoms with Gasteiger partial charge in [0, 0.05) is 21.2 Å². The minimum absolute atomic E-state index is 0.175. The van der Waals surface area contributed by atoms with E-state index in [0.717, 1.165) is 16.0 Å². The highest BCUT2D eigenvalue weighted by molar-refractivity contribution is 7.99. The molecule has 4 rings (SSSR count). The molecule has 0 saturated carbocycles. The van der Waals surface area contributed by atoms with Gasteiger partial charge < -0.3 is 9.15 Å². The lowest BCUT2D eigenvalue weighted by Gasteiger charge is -2.04. The maximum Gasteiger partial charge on any atom is 0.257 e. The van der Waals surface area contributed by atoms with Crippen LogP contribution in [-0.2, 0) is 0 Å². The van der Waals surface area contributed by atoms with Crippen molar-refractivity contribution >= 4 is 45.1 Å². The molecule has 5 nitrogen and oxygen atoms in total. The molecule has 4 aromatic rings. The van der Waals surface area contributed by atoms with Crippen molar-refractivity contribution in [3.8, 4) is 17.2 Å². The van der Waals surface area contributed by atoms with Crippen LogP contribution in [0.5, 0.6) is 5.75 Å². The SMILES string of the molecule is CCSc1cccc(C(=O)Nc2nc(-c3cc4cccc(OC)c4o3)cs2)c1. The maximum absolute atomic E-state index is 12.5. The van der Waals surface area contributed by atoms with Gasteiger partial charge in [-0.25, -0.2) is 4.98 Å². The summed E-state index contributed by atoms with van der Waals surface area (Å²) in [4.78, 5) is 18.1. The number of fused-ring (bicyclic) bond motifs is 1. The summed E-state index contributed by atoms with van der Waals surface area (Å²) < 4.78 is 11.3. The predicted molar refractivity (Wildman–Crippen MR) is 115 cm³/mol. The molecule has 1 amide bonds. The lowest BCUT2D eigenvalue weighted by molar-refractivity contribution is 0.102. The second kappa shape index (κ2) is 8.08. The van der Waals surface area contributed by atoms with Crippen LogP contribution in [0.2, 0.25) is 0 Å². The van der Waals surface area contributed by atoms with Crippen molar-refractivity contribution in [3.05, 3.63) is 59.5 Å². The third-order valence-corrected chi connectivity index (χ3v) is 5.75. The monoisotopic (exact) mass is 410 g/mol. The second-order valence-corrected chi connectivity index (χ2v) is 8.14. The largest absolute Gasteiger partial charge is 0.493 e. The van der Waals surface area contributed by atoms with E-state index in [4.69, 9.17) is 9.15 Å². The van der Waals surface area contributed by atoms with Gasteiger partial charge >= 0.3 is 0 Å². The molecule has 142 valence electrons. The number of thiazole rings is 1. The minimum Gasteiger partial charge on any atom is -0.493 e. The summed E-state index contributed by atoms with van der Waals surface area (Å²) in [5, 5.41) is 6.20. The molecule has 0 aliphatic rings. The molecule has 2 aromatic carbocycles. The number of carbonyl (C=O) groups excluding carboxylic acids is 1. The molecule has 2 heterocycles. The molecule has 0 aliphatic carbocycles. The molecule has 28 heavy (non-hydrogen) atoms. The van der Waals surface area contributed by atoms with Gasteiger partial charge in [0.05, 0.1) is 7.11 Å². The summed E-state index contributed by atoms with van der Waals surface area (Å²) in [7, 11) is 1.61. The van der Waals surface area contributed by atoms with Crippen molar-refractivity contribution in [2.24, 2.45) is 0 Å². The zero-order valence-corrected chi connectivity index (χ0v) is 17.0. The number of methoxy groups -OCH3 is 1. The summed E-state index contributed by atoms with van der Waals surface area (Å²) in [5.41, 5.74) is 1.97. The number of thioether (sulfide) groups is 1. The van der Waals surface area contributed by atoms with Crippen molar-refractivity contribution < 1.29 is 13.9 Å². The Labute approximate surface area is 170 Å². The standard InChI is InChI=1S/C21H18N2O3S2/c1-3-27-15-8-4-7-14(10-15)20(24)23-21-22-16(12-28-21)18-11-13-6-5-9-17(25-2)19(13)26-18/h4-12H,3H2,1-2H3,(H,22,23,24). The number of aromatic nitrogens is 1. The van der Waals surface area contributed by atoms with E-state index in [1.807, 2.05) is 47.8 Å². The summed E-state index contributed by atoms with van der Waals surface area (Å²) in [5.74, 6) is 2.10. The van der Waals surface area contributed by atoms with Crippen LogP contribution in [0.25, 0.3) is 22.4 Å². The van der Waals surface area contributed by atoms with E-state index in [1.54, 1.807) is 24.9 Å². The van der Waals surface area contributed by atoms with Gasteiger partial charge in [-0.05, 0) is 36.1 Å². The van der Waals surface area contributed by atoms with Crippen LogP contribution < -0.4 is 10.1 Å². The van der Waals surface area contributed by atoms with Gasteiger partial charge in [-0.2, -0.15) is 0 Å². The Morgan fingerprint density at radius 2 is 2.11 bits per heavy atom. The molecule has 0 spiro atoms. The highest BCUT2D eigenvalue weighted by Gasteiger charge is 2.15. The first-order valence-electron chi connectivity index (χ1n) is 8.74. The van der Waals surface area contributed by atoms with Crippen molar-refractivity contribution in [2.45, 2.75) is 11.8 Å². The van der Waals surface area contributed by atoms with Crippen LogP contribution in [0.4, 0.5) is 5.13 Å². The fraction of sp³-hybridized carbons (Fsp3) is 0.143. The Hall–Kier alpha value is -2.77. The third-order valence-electron chi connectivity index (χ3n) is 4.11. The molecule has 1 N–H and O–H groups in total. The van der Waals surface area contributed by atoms with Crippen molar-refractivity contribution in [1.29, 1.82) is 0 Å². The topological polar surface area (TPSA) is 64.4 Å². The van der Waals surface area contributed by atoms with Gasteiger partial charge in [0.1, 0.15) is 5.69 Å². The first kappa shape index (κ1) is 18.6. The van der Waals surface area contributed by atoms with Crippen LogP contribution in [0.1, 0.15) is 17.3 Å². The average molecular weight is 411 g/mol. The summed E-state index contributed by atoms with van der Waals surface area (Å²) >= 11 is 3.07. The molecular weight excluding hydrogens is 392 g/mol. The van der Waals surface area contributed by atoms with Crippen molar-refractivity contribution in [1.82, 2.24) is 4.98 Å². The smallest absolute Gasteiger partial charge is 0.257 e. The Balaban J connectivity index is 1.55. The first-order chi connectivity index (χ1) is 13.7. The number of benzene rings is 2. The number of hydrogen-bond acceptors (Lipinski definition) is 6. The van der Waals surface area contributed by atoms with Gasteiger partial charge in [0.25, 0.3) is 5.91 Å². The molecule has 0 radical (unpaired) electrons. The number of anilines is 1. The quantitative estimate of drug-likeness (QED) is 0.399. The molecule has 0 unspecified atom stereocenters. The fourth-order valence-electron chi connectivity index (χ4n) is 2.83. The van der Waals surface area contributed by atoms with Crippen LogP contribution in [0.3, 0.4) is 0 Å². The lowest BCUT2D eigenvalue weighted by Crippen LogP contribution is -2.11. The summed E-state index contributed by atoms with van der Waals surface area (Å²) in [6.07, 6.45) is 0. The van der Waals surface area contributed by atoms with E-state index in [0.29, 0.717) is 33.5 Å². The molecule has 2 aromatic heterocycles. The Morgan fingerprint density at radius 1 is 1.25 bits per heavy atom. The van der Waals surface area contributed by atoms with E-state index >= 15 is 0 Å². The summed E-state index contributed by atoms with van der Waals surface area (Å²) in [6.45, 7) is 2.09. The highest BCUT2D eigenvalue weighted by atomic mass is 32.2. The zero-order chi connectivity index (χ0) is 19.5. The number of nitrogens with one attached hydrogen (secondary N) is 1. The second-order valence-electron chi connectivity index (χ2n) is 5.94. The van der Waals surface area contributed by atoms with Crippen LogP contribution >= 0.6 is 23.1 Å². The first-order valence-corrected chi connectivity index (χ1v) is 10.6. The van der Waals surface area contributed by atoms with E-state index in [-0.39, 0.29) is 5.91 Å². The molecule has 7 heteroatoms. The molecule has 0 fully saturated rings. The number of amides is 1. The van der Waals surface area contributed by atoms with Gasteiger partial charge in [0.15, 0.2) is 22.2 Å². The number of para-hydroxylation sites is 1. The maximum atomic E-state index is 12.5. The summed E-state index contributed by atoms with van der Waals surface area (Å²) in [6, 6.07) is 15.2. The van der Waals surface area contributed by atoms with Crippen LogP contribution in [0.15, 0.2) is 63.2 Å². The van der Waals surface area contributed by atoms with E-state index in [9.17, 15) is 4.79 Å². The Kier molecular flexibility index (Phi) is 5.36. The van der Waals surface area contributed by atoms with E-state index in [1.165, 1.54) is 11.3 Å². The molecule has 0 bridgehead atoms. The van der Waals surface area contributed by atoms with E-state index in [2.05, 4.69) is 17.2 Å². The molecule has 0 aliphatic heterocycles. The fourth-order valence-corrected chi connectivity index (χ4v) is 4.24. The van der Waals surface area contributed by atoms with Crippen LogP contribution in [0, 0.1) is 0 Å². The Bertz CT molecular complexity index is 1130. The molecule has 0 saturated heterocycles. The normalized spacial score (nSPS) is 10.9. The molecule has 0 atom stereocenters.